The summed E-state index contributed by atoms with van der Waals surface area (Å²) in [6.07, 6.45) is 4.42. The number of hydrogen-bond donors (Lipinski definition) is 1. The highest BCUT2D eigenvalue weighted by molar-refractivity contribution is 5.33. The Kier molecular flexibility index (Phi) is 4.71. The Bertz CT molecular complexity index is 420. The first-order valence-corrected chi connectivity index (χ1v) is 7.00. The average molecular weight is 263 g/mol. The van der Waals surface area contributed by atoms with Crippen molar-refractivity contribution in [2.24, 2.45) is 0 Å². The number of hydrogen-bond acceptors (Lipinski definition) is 5. The highest BCUT2D eigenvalue weighted by Crippen LogP contribution is 2.18. The molecule has 1 aliphatic heterocycles. The molecule has 5 nitrogen and oxygen atoms in total. The minimum absolute atomic E-state index is 0.522. The lowest BCUT2D eigenvalue weighted by Crippen LogP contribution is -2.45. The summed E-state index contributed by atoms with van der Waals surface area (Å²) in [6, 6.07) is 0.522. The summed E-state index contributed by atoms with van der Waals surface area (Å²) in [7, 11) is 6.23. The Morgan fingerprint density at radius 1 is 1.53 bits per heavy atom. The zero-order chi connectivity index (χ0) is 13.8. The molecule has 1 aromatic rings. The van der Waals surface area contributed by atoms with E-state index in [4.69, 9.17) is 0 Å². The standard InChI is InChI=1S/C14H25N5/c1-11-12(8-15-2)9-16-14(17-11)19(4)13-6-5-7-18(3)10-13/h9,13,15H,5-8,10H2,1-4H3. The summed E-state index contributed by atoms with van der Waals surface area (Å²) >= 11 is 0. The van der Waals surface area contributed by atoms with E-state index < -0.39 is 0 Å². The smallest absolute Gasteiger partial charge is 0.225 e. The van der Waals surface area contributed by atoms with Crippen LogP contribution in [0.1, 0.15) is 24.1 Å². The first-order chi connectivity index (χ1) is 9.11. The Hall–Kier alpha value is -1.20. The molecule has 0 saturated carbocycles. The van der Waals surface area contributed by atoms with Crippen LogP contribution in [0.2, 0.25) is 0 Å². The molecule has 1 atom stereocenters. The number of aromatic nitrogens is 2. The van der Waals surface area contributed by atoms with E-state index in [2.05, 4.69) is 46.1 Å². The van der Waals surface area contributed by atoms with E-state index in [1.807, 2.05) is 13.2 Å². The normalized spacial score (nSPS) is 20.5. The summed E-state index contributed by atoms with van der Waals surface area (Å²) < 4.78 is 0. The molecule has 1 saturated heterocycles. The van der Waals surface area contributed by atoms with Gasteiger partial charge in [0.2, 0.25) is 5.95 Å². The van der Waals surface area contributed by atoms with Gasteiger partial charge in [0, 0.05) is 43.6 Å². The van der Waals surface area contributed by atoms with Crippen LogP contribution in [0, 0.1) is 6.92 Å². The zero-order valence-electron chi connectivity index (χ0n) is 12.5. The first-order valence-electron chi connectivity index (χ1n) is 7.00. The molecule has 2 heterocycles. The molecule has 1 fully saturated rings. The van der Waals surface area contributed by atoms with Gasteiger partial charge in [0.25, 0.3) is 0 Å². The zero-order valence-corrected chi connectivity index (χ0v) is 12.5. The maximum atomic E-state index is 4.65. The average Bonchev–Trinajstić information content (AvgIpc) is 2.40. The van der Waals surface area contributed by atoms with Gasteiger partial charge in [-0.1, -0.05) is 0 Å². The SMILES string of the molecule is CNCc1cnc(N(C)C2CCCN(C)C2)nc1C. The van der Waals surface area contributed by atoms with Gasteiger partial charge in [-0.3, -0.25) is 0 Å². The van der Waals surface area contributed by atoms with Gasteiger partial charge in [-0.05, 0) is 40.4 Å². The van der Waals surface area contributed by atoms with E-state index in [0.29, 0.717) is 6.04 Å². The minimum Gasteiger partial charge on any atom is -0.340 e. The largest absolute Gasteiger partial charge is 0.340 e. The summed E-state index contributed by atoms with van der Waals surface area (Å²) in [5, 5.41) is 3.14. The van der Waals surface area contributed by atoms with Gasteiger partial charge in [0.05, 0.1) is 0 Å². The van der Waals surface area contributed by atoms with E-state index in [1.165, 1.54) is 24.9 Å². The molecule has 0 bridgehead atoms. The Morgan fingerprint density at radius 3 is 2.95 bits per heavy atom. The number of piperidine rings is 1. The highest BCUT2D eigenvalue weighted by atomic mass is 15.3. The number of anilines is 1. The Morgan fingerprint density at radius 2 is 2.32 bits per heavy atom. The van der Waals surface area contributed by atoms with Gasteiger partial charge < -0.3 is 15.1 Å². The van der Waals surface area contributed by atoms with Crippen molar-refractivity contribution in [3.63, 3.8) is 0 Å². The summed E-state index contributed by atoms with van der Waals surface area (Å²) in [4.78, 5) is 13.8. The van der Waals surface area contributed by atoms with Crippen molar-refractivity contribution in [3.05, 3.63) is 17.5 Å². The second-order valence-corrected chi connectivity index (χ2v) is 5.48. The molecule has 1 unspecified atom stereocenters. The van der Waals surface area contributed by atoms with Crippen LogP contribution in [0.15, 0.2) is 6.20 Å². The van der Waals surface area contributed by atoms with E-state index in [9.17, 15) is 0 Å². The Balaban J connectivity index is 2.10. The fourth-order valence-electron chi connectivity index (χ4n) is 2.63. The van der Waals surface area contributed by atoms with E-state index >= 15 is 0 Å². The lowest BCUT2D eigenvalue weighted by Gasteiger charge is -2.35. The van der Waals surface area contributed by atoms with E-state index in [1.54, 1.807) is 0 Å². The van der Waals surface area contributed by atoms with E-state index in [-0.39, 0.29) is 0 Å². The molecule has 0 spiro atoms. The number of aryl methyl sites for hydroxylation is 1. The van der Waals surface area contributed by atoms with Gasteiger partial charge in [0.15, 0.2) is 0 Å². The van der Waals surface area contributed by atoms with Crippen molar-refractivity contribution in [2.45, 2.75) is 32.4 Å². The third-order valence-electron chi connectivity index (χ3n) is 3.90. The molecular formula is C14H25N5. The van der Waals surface area contributed by atoms with Crippen LogP contribution in [0.3, 0.4) is 0 Å². The van der Waals surface area contributed by atoms with Gasteiger partial charge in [-0.25, -0.2) is 9.97 Å². The van der Waals surface area contributed by atoms with Crippen molar-refractivity contribution in [1.29, 1.82) is 0 Å². The van der Waals surface area contributed by atoms with Crippen LogP contribution in [0.4, 0.5) is 5.95 Å². The minimum atomic E-state index is 0.522. The van der Waals surface area contributed by atoms with E-state index in [0.717, 1.165) is 24.7 Å². The number of nitrogens with zero attached hydrogens (tertiary/aromatic N) is 4. The van der Waals surface area contributed by atoms with Crippen LogP contribution in [-0.4, -0.2) is 55.1 Å². The summed E-state index contributed by atoms with van der Waals surface area (Å²) in [5.74, 6) is 0.845. The first kappa shape index (κ1) is 14.2. The van der Waals surface area contributed by atoms with Crippen LogP contribution in [0.25, 0.3) is 0 Å². The molecule has 1 N–H and O–H groups in total. The van der Waals surface area contributed by atoms with Crippen LogP contribution in [0.5, 0.6) is 0 Å². The number of likely N-dealkylation sites (tertiary alicyclic amines) is 1. The third-order valence-corrected chi connectivity index (χ3v) is 3.90. The molecule has 106 valence electrons. The quantitative estimate of drug-likeness (QED) is 0.879. The maximum absolute atomic E-state index is 4.65. The molecule has 1 aromatic heterocycles. The van der Waals surface area contributed by atoms with Crippen molar-refractivity contribution in [2.75, 3.05) is 39.1 Å². The molecule has 5 heteroatoms. The molecule has 0 aromatic carbocycles. The van der Waals surface area contributed by atoms with Crippen molar-refractivity contribution in [3.8, 4) is 0 Å². The third kappa shape index (κ3) is 3.42. The predicted molar refractivity (Wildman–Crippen MR) is 78.5 cm³/mol. The molecule has 19 heavy (non-hydrogen) atoms. The number of likely N-dealkylation sites (N-methyl/N-ethyl adjacent to an activating group) is 2. The summed E-state index contributed by atoms with van der Waals surface area (Å²) in [5.41, 5.74) is 2.23. The van der Waals surface area contributed by atoms with Crippen molar-refractivity contribution < 1.29 is 0 Å². The van der Waals surface area contributed by atoms with Gasteiger partial charge in [0.1, 0.15) is 0 Å². The predicted octanol–water partition coefficient (Wildman–Crippen LogP) is 1.03. The molecule has 0 radical (unpaired) electrons. The number of rotatable bonds is 4. The fourth-order valence-corrected chi connectivity index (χ4v) is 2.63. The summed E-state index contributed by atoms with van der Waals surface area (Å²) in [6.45, 7) is 5.17. The Labute approximate surface area is 116 Å². The maximum Gasteiger partial charge on any atom is 0.225 e. The second kappa shape index (κ2) is 6.30. The second-order valence-electron chi connectivity index (χ2n) is 5.48. The molecule has 2 rings (SSSR count). The lowest BCUT2D eigenvalue weighted by atomic mass is 10.1. The molecule has 0 amide bonds. The highest BCUT2D eigenvalue weighted by Gasteiger charge is 2.22. The lowest BCUT2D eigenvalue weighted by molar-refractivity contribution is 0.247. The van der Waals surface area contributed by atoms with Crippen LogP contribution >= 0.6 is 0 Å². The molecular weight excluding hydrogens is 238 g/mol. The monoisotopic (exact) mass is 263 g/mol. The number of nitrogens with one attached hydrogen (secondary N) is 1. The van der Waals surface area contributed by atoms with Crippen LogP contribution in [-0.2, 0) is 6.54 Å². The topological polar surface area (TPSA) is 44.3 Å². The van der Waals surface area contributed by atoms with Gasteiger partial charge in [-0.2, -0.15) is 0 Å². The van der Waals surface area contributed by atoms with Gasteiger partial charge in [-0.15, -0.1) is 0 Å². The molecule has 1 aliphatic rings. The van der Waals surface area contributed by atoms with Gasteiger partial charge >= 0.3 is 0 Å². The van der Waals surface area contributed by atoms with Crippen molar-refractivity contribution in [1.82, 2.24) is 20.2 Å². The van der Waals surface area contributed by atoms with Crippen LogP contribution < -0.4 is 10.2 Å². The fraction of sp³-hybridized carbons (Fsp3) is 0.714. The van der Waals surface area contributed by atoms with Crippen molar-refractivity contribution >= 4 is 5.95 Å². The molecule has 0 aliphatic carbocycles.